The van der Waals surface area contributed by atoms with Crippen LogP contribution in [0.5, 0.6) is 0 Å². The van der Waals surface area contributed by atoms with Gasteiger partial charge in [0.2, 0.25) is 0 Å². The van der Waals surface area contributed by atoms with Crippen molar-refractivity contribution in [3.8, 4) is 0 Å². The van der Waals surface area contributed by atoms with Gasteiger partial charge in [0.15, 0.2) is 5.84 Å². The Morgan fingerprint density at radius 2 is 1.88 bits per heavy atom. The molecule has 2 aromatic carbocycles. The first kappa shape index (κ1) is 27.8. The monoisotopic (exact) mass is 546 g/mol. The molecule has 0 atom stereocenters. The fourth-order valence-corrected chi connectivity index (χ4v) is 4.19. The molecule has 4 rings (SSSR count). The molecule has 0 radical (unpaired) electrons. The summed E-state index contributed by atoms with van der Waals surface area (Å²) in [6.45, 7) is 5.85. The van der Waals surface area contributed by atoms with Crippen molar-refractivity contribution < 1.29 is 18.3 Å². The van der Waals surface area contributed by atoms with E-state index in [1.165, 1.54) is 23.9 Å². The molecule has 4 aromatic rings. The fourth-order valence-electron chi connectivity index (χ4n) is 4.19. The van der Waals surface area contributed by atoms with E-state index in [1.54, 1.807) is 18.2 Å². The minimum Gasteiger partial charge on any atom is -0.452 e. The summed E-state index contributed by atoms with van der Waals surface area (Å²) in [5.74, 6) is -1.68. The number of benzene rings is 2. The maximum Gasteiger partial charge on any atom is 0.414 e. The molecule has 0 aliphatic carbocycles. The van der Waals surface area contributed by atoms with E-state index in [0.717, 1.165) is 22.2 Å². The number of aliphatic imine (C=N–C) groups is 1. The lowest BCUT2D eigenvalue weighted by Crippen LogP contribution is -2.39. The number of carbonyl (C=O) groups excluding carboxylic acids is 1. The summed E-state index contributed by atoms with van der Waals surface area (Å²) in [6, 6.07) is 14.9. The fraction of sp³-hybridized carbons (Fsp3) is 0.143. The van der Waals surface area contributed by atoms with Crippen molar-refractivity contribution in [3.63, 3.8) is 0 Å². The average Bonchev–Trinajstić information content (AvgIpc) is 3.26. The molecule has 10 nitrogen and oxygen atoms in total. The van der Waals surface area contributed by atoms with Crippen molar-refractivity contribution >= 4 is 28.8 Å². The van der Waals surface area contributed by atoms with Gasteiger partial charge in [0.25, 0.3) is 0 Å². The lowest BCUT2D eigenvalue weighted by atomic mass is 10.1. The molecule has 6 N–H and O–H groups in total. The van der Waals surface area contributed by atoms with Gasteiger partial charge >= 0.3 is 6.09 Å². The summed E-state index contributed by atoms with van der Waals surface area (Å²) < 4.78 is 34.7. The molecule has 0 aliphatic rings. The number of hydrogen-bond acceptors (Lipinski definition) is 7. The van der Waals surface area contributed by atoms with E-state index in [2.05, 4.69) is 21.7 Å². The number of aryl methyl sites for hydroxylation is 1. The highest BCUT2D eigenvalue weighted by atomic mass is 19.1. The van der Waals surface area contributed by atoms with Crippen molar-refractivity contribution in [3.05, 3.63) is 113 Å². The molecule has 0 saturated heterocycles. The Balaban J connectivity index is 1.74. The van der Waals surface area contributed by atoms with Gasteiger partial charge in [0.1, 0.15) is 34.5 Å². The van der Waals surface area contributed by atoms with Gasteiger partial charge in [-0.1, -0.05) is 54.6 Å². The van der Waals surface area contributed by atoms with E-state index in [1.807, 2.05) is 31.2 Å². The summed E-state index contributed by atoms with van der Waals surface area (Å²) in [5, 5.41) is 4.47. The van der Waals surface area contributed by atoms with Crippen molar-refractivity contribution in [1.29, 1.82) is 0 Å². The van der Waals surface area contributed by atoms with E-state index >= 15 is 0 Å². The van der Waals surface area contributed by atoms with Crippen LogP contribution in [0, 0.1) is 18.6 Å². The van der Waals surface area contributed by atoms with Crippen LogP contribution in [-0.4, -0.2) is 38.7 Å². The summed E-state index contributed by atoms with van der Waals surface area (Å²) >= 11 is 0. The zero-order chi connectivity index (χ0) is 29.0. The molecule has 2 heterocycles. The lowest BCUT2D eigenvalue weighted by Gasteiger charge is -2.25. The number of fused-ring (bicyclic) bond motifs is 1. The average molecular weight is 547 g/mol. The number of amides is 1. The summed E-state index contributed by atoms with van der Waals surface area (Å²) in [6.07, 6.45) is 0.334. The van der Waals surface area contributed by atoms with Crippen LogP contribution in [0.3, 0.4) is 0 Å². The highest BCUT2D eigenvalue weighted by molar-refractivity contribution is 6.01. The number of nitrogens with two attached hydrogens (primary N) is 3. The maximum absolute atomic E-state index is 14.3. The number of halogens is 2. The van der Waals surface area contributed by atoms with Crippen LogP contribution in [0.25, 0.3) is 16.9 Å². The first-order valence-electron chi connectivity index (χ1n) is 12.1. The summed E-state index contributed by atoms with van der Waals surface area (Å²) in [7, 11) is 1.21. The quantitative estimate of drug-likeness (QED) is 0.225. The minimum atomic E-state index is -0.781. The van der Waals surface area contributed by atoms with Crippen molar-refractivity contribution in [2.45, 2.75) is 19.9 Å². The topological polar surface area (TPSA) is 151 Å². The predicted octanol–water partition coefficient (Wildman–Crippen LogP) is 3.75. The molecule has 0 bridgehead atoms. The summed E-state index contributed by atoms with van der Waals surface area (Å²) in [5.41, 5.74) is 21.1. The molecule has 2 aromatic heterocycles. The number of rotatable bonds is 8. The van der Waals surface area contributed by atoms with Crippen LogP contribution < -0.4 is 17.2 Å². The number of ether oxygens (including phenoxy) is 1. The van der Waals surface area contributed by atoms with Crippen LogP contribution >= 0.6 is 0 Å². The Morgan fingerprint density at radius 3 is 2.55 bits per heavy atom. The molecule has 0 fully saturated rings. The van der Waals surface area contributed by atoms with Crippen LogP contribution in [-0.2, 0) is 17.7 Å². The number of amidine groups is 1. The van der Waals surface area contributed by atoms with Gasteiger partial charge in [-0.05, 0) is 24.1 Å². The first-order chi connectivity index (χ1) is 19.1. The molecular weight excluding hydrogens is 518 g/mol. The highest BCUT2D eigenvalue weighted by Crippen LogP contribution is 2.24. The molecule has 40 heavy (non-hydrogen) atoms. The second-order valence-electron chi connectivity index (χ2n) is 8.91. The van der Waals surface area contributed by atoms with Gasteiger partial charge in [-0.2, -0.15) is 5.10 Å². The zero-order valence-corrected chi connectivity index (χ0v) is 21.9. The van der Waals surface area contributed by atoms with E-state index in [4.69, 9.17) is 21.9 Å². The molecule has 0 saturated carbocycles. The lowest BCUT2D eigenvalue weighted by molar-refractivity contribution is 0.135. The molecule has 206 valence electrons. The van der Waals surface area contributed by atoms with Gasteiger partial charge in [-0.25, -0.2) is 28.2 Å². The molecular formula is C28H28F2N8O2. The van der Waals surface area contributed by atoms with Gasteiger partial charge in [0.05, 0.1) is 31.1 Å². The van der Waals surface area contributed by atoms with Crippen molar-refractivity contribution in [2.75, 3.05) is 7.11 Å². The normalized spacial score (nSPS) is 11.3. The highest BCUT2D eigenvalue weighted by Gasteiger charge is 2.25. The molecule has 1 amide bonds. The first-order valence-corrected chi connectivity index (χ1v) is 12.1. The minimum absolute atomic E-state index is 0.0247. The van der Waals surface area contributed by atoms with Crippen LogP contribution in [0.2, 0.25) is 0 Å². The number of methoxy groups -OCH3 is 1. The van der Waals surface area contributed by atoms with E-state index in [0.29, 0.717) is 16.8 Å². The number of nitrogens with zero attached hydrogens (tertiary/aromatic N) is 5. The number of aromatic nitrogens is 3. The Hall–Kier alpha value is -5.26. The predicted molar refractivity (Wildman–Crippen MR) is 148 cm³/mol. The SMILES string of the molecule is C=C(N=C(N)C(=C(N)N)N(Cc1cccc(C)c1)C(=O)OC)n1nc(Cc2ccccc2F)c2ncc(F)cc21. The Bertz CT molecular complexity index is 1660. The number of hydrogen-bond donors (Lipinski definition) is 3. The smallest absolute Gasteiger partial charge is 0.414 e. The van der Waals surface area contributed by atoms with Crippen molar-refractivity contribution in [1.82, 2.24) is 19.7 Å². The Labute approximate surface area is 229 Å². The number of carbonyl (C=O) groups is 1. The standard InChI is InChI=1S/C28H28F2N8O2/c1-16-7-6-8-18(11-16)15-37(28(39)40-3)25(26(31)32)27(33)35-17(2)38-23-13-20(29)14-34-24(23)22(36-38)12-19-9-4-5-10-21(19)30/h4-11,13-14H,2,12,15,31-32H2,1,3H3,(H2,33,35). The maximum atomic E-state index is 14.3. The van der Waals surface area contributed by atoms with Crippen LogP contribution in [0.1, 0.15) is 22.4 Å². The van der Waals surface area contributed by atoms with Gasteiger partial charge in [-0.15, -0.1) is 0 Å². The van der Waals surface area contributed by atoms with Gasteiger partial charge in [0, 0.05) is 12.5 Å². The van der Waals surface area contributed by atoms with E-state index < -0.39 is 17.7 Å². The molecule has 0 unspecified atom stereocenters. The van der Waals surface area contributed by atoms with Crippen molar-refractivity contribution in [2.24, 2.45) is 22.2 Å². The molecule has 0 aliphatic heterocycles. The van der Waals surface area contributed by atoms with E-state index in [9.17, 15) is 13.6 Å². The molecule has 12 heteroatoms. The third-order valence-corrected chi connectivity index (χ3v) is 5.97. The third-order valence-electron chi connectivity index (χ3n) is 5.97. The Kier molecular flexibility index (Phi) is 8.08. The zero-order valence-electron chi connectivity index (χ0n) is 21.9. The Morgan fingerprint density at radius 1 is 1.12 bits per heavy atom. The molecule has 0 spiro atoms. The van der Waals surface area contributed by atoms with E-state index in [-0.39, 0.29) is 41.7 Å². The third kappa shape index (κ3) is 5.90. The largest absolute Gasteiger partial charge is 0.452 e. The second-order valence-corrected chi connectivity index (χ2v) is 8.91. The number of pyridine rings is 1. The second kappa shape index (κ2) is 11.6. The van der Waals surface area contributed by atoms with Crippen LogP contribution in [0.15, 0.2) is 83.9 Å². The van der Waals surface area contributed by atoms with Crippen LogP contribution in [0.4, 0.5) is 13.6 Å². The van der Waals surface area contributed by atoms with Gasteiger partial charge in [-0.3, -0.25) is 4.90 Å². The summed E-state index contributed by atoms with van der Waals surface area (Å²) in [4.78, 5) is 22.3. The van der Waals surface area contributed by atoms with Gasteiger partial charge < -0.3 is 21.9 Å².